The minimum absolute atomic E-state index is 0.0575. The van der Waals surface area contributed by atoms with E-state index in [1.54, 1.807) is 0 Å². The molecule has 5 nitrogen and oxygen atoms in total. The third-order valence-corrected chi connectivity index (χ3v) is 2.10. The number of nitrogens with one attached hydrogen (secondary N) is 1. The van der Waals surface area contributed by atoms with E-state index in [2.05, 4.69) is 4.84 Å². The van der Waals surface area contributed by atoms with Crippen molar-refractivity contribution in [2.24, 2.45) is 5.92 Å². The normalized spacial score (nSPS) is 14.5. The van der Waals surface area contributed by atoms with Gasteiger partial charge in [0.25, 0.3) is 5.91 Å². The molecule has 0 atom stereocenters. The van der Waals surface area contributed by atoms with Crippen LogP contribution in [0.2, 0.25) is 0 Å². The second kappa shape index (κ2) is 5.48. The Labute approximate surface area is 88.1 Å². The van der Waals surface area contributed by atoms with Gasteiger partial charge in [0.1, 0.15) is 5.78 Å². The average Bonchev–Trinajstić information content (AvgIpc) is 2.98. The Bertz CT molecular complexity index is 271. The zero-order chi connectivity index (χ0) is 11.3. The summed E-state index contributed by atoms with van der Waals surface area (Å²) in [7, 11) is 0. The van der Waals surface area contributed by atoms with E-state index < -0.39 is 11.9 Å². The molecular formula is C10H15NO4. The van der Waals surface area contributed by atoms with Crippen LogP contribution in [0.25, 0.3) is 0 Å². The zero-order valence-corrected chi connectivity index (χ0v) is 8.75. The molecule has 1 N–H and O–H groups in total. The Morgan fingerprint density at radius 1 is 1.33 bits per heavy atom. The molecule has 0 radical (unpaired) electrons. The van der Waals surface area contributed by atoms with Crippen molar-refractivity contribution >= 4 is 17.7 Å². The van der Waals surface area contributed by atoms with Gasteiger partial charge in [0.15, 0.2) is 0 Å². The van der Waals surface area contributed by atoms with Gasteiger partial charge in [-0.3, -0.25) is 9.59 Å². The van der Waals surface area contributed by atoms with Crippen molar-refractivity contribution in [2.75, 3.05) is 0 Å². The van der Waals surface area contributed by atoms with E-state index in [0.29, 0.717) is 6.42 Å². The number of carbonyl (C=O) groups is 3. The quantitative estimate of drug-likeness (QED) is 0.539. The molecule has 0 aliphatic heterocycles. The highest BCUT2D eigenvalue weighted by atomic mass is 16.7. The van der Waals surface area contributed by atoms with E-state index in [4.69, 9.17) is 0 Å². The van der Waals surface area contributed by atoms with Crippen LogP contribution in [0.15, 0.2) is 0 Å². The molecule has 0 heterocycles. The molecule has 0 aromatic carbocycles. The lowest BCUT2D eigenvalue weighted by molar-refractivity contribution is -0.159. The first-order valence-electron chi connectivity index (χ1n) is 5.14. The van der Waals surface area contributed by atoms with Crippen LogP contribution in [0.4, 0.5) is 0 Å². The third kappa shape index (κ3) is 4.58. The molecule has 15 heavy (non-hydrogen) atoms. The minimum Gasteiger partial charge on any atom is -0.341 e. The summed E-state index contributed by atoms with van der Waals surface area (Å²) in [5, 5.41) is 0. The van der Waals surface area contributed by atoms with Crippen molar-refractivity contribution in [3.63, 3.8) is 0 Å². The number of carbonyl (C=O) groups excluding carboxylic acids is 3. The molecule has 0 saturated heterocycles. The Hall–Kier alpha value is -1.39. The van der Waals surface area contributed by atoms with Gasteiger partial charge in [-0.2, -0.15) is 5.48 Å². The zero-order valence-electron chi connectivity index (χ0n) is 8.75. The molecular weight excluding hydrogens is 198 g/mol. The fourth-order valence-corrected chi connectivity index (χ4v) is 1.11. The van der Waals surface area contributed by atoms with Gasteiger partial charge >= 0.3 is 5.97 Å². The van der Waals surface area contributed by atoms with E-state index in [0.717, 1.165) is 12.8 Å². The first-order chi connectivity index (χ1) is 7.13. The van der Waals surface area contributed by atoms with Gasteiger partial charge in [-0.05, 0) is 19.3 Å². The maximum absolute atomic E-state index is 11.2. The monoisotopic (exact) mass is 213 g/mol. The van der Waals surface area contributed by atoms with Crippen LogP contribution in [0.5, 0.6) is 0 Å². The molecule has 1 fully saturated rings. The summed E-state index contributed by atoms with van der Waals surface area (Å²) in [4.78, 5) is 37.6. The lowest BCUT2D eigenvalue weighted by Gasteiger charge is -2.03. The number of rotatable bonds is 5. The van der Waals surface area contributed by atoms with Gasteiger partial charge in [0.2, 0.25) is 0 Å². The fraction of sp³-hybridized carbons (Fsp3) is 0.700. The van der Waals surface area contributed by atoms with Gasteiger partial charge in [-0.25, -0.2) is 4.79 Å². The number of amides is 1. The highest BCUT2D eigenvalue weighted by Crippen LogP contribution is 2.30. The topological polar surface area (TPSA) is 72.5 Å². The SMILES string of the molecule is CCCC(=O)ONC(=O)CC(=O)C1CC1. The van der Waals surface area contributed by atoms with E-state index in [1.807, 2.05) is 12.4 Å². The lowest BCUT2D eigenvalue weighted by atomic mass is 10.2. The molecule has 1 saturated carbocycles. The number of hydrogen-bond donors (Lipinski definition) is 1. The lowest BCUT2D eigenvalue weighted by Crippen LogP contribution is -2.29. The molecule has 0 aromatic heterocycles. The maximum Gasteiger partial charge on any atom is 0.332 e. The average molecular weight is 213 g/mol. The second-order valence-corrected chi connectivity index (χ2v) is 3.67. The molecule has 0 aromatic rings. The van der Waals surface area contributed by atoms with Crippen molar-refractivity contribution in [1.82, 2.24) is 5.48 Å². The smallest absolute Gasteiger partial charge is 0.332 e. The summed E-state index contributed by atoms with van der Waals surface area (Å²) in [6.45, 7) is 1.83. The van der Waals surface area contributed by atoms with Gasteiger partial charge in [0, 0.05) is 12.3 Å². The summed E-state index contributed by atoms with van der Waals surface area (Å²) in [5.74, 6) is -1.04. The highest BCUT2D eigenvalue weighted by Gasteiger charge is 2.30. The number of Topliss-reactive ketones (excluding diaryl/α,β-unsaturated/α-hetero) is 1. The summed E-state index contributed by atoms with van der Waals surface area (Å²) in [6.07, 6.45) is 2.49. The van der Waals surface area contributed by atoms with Crippen LogP contribution < -0.4 is 5.48 Å². The first kappa shape index (κ1) is 11.7. The number of hydroxylamine groups is 1. The Balaban J connectivity index is 2.12. The second-order valence-electron chi connectivity index (χ2n) is 3.67. The van der Waals surface area contributed by atoms with E-state index in [-0.39, 0.29) is 24.5 Å². The van der Waals surface area contributed by atoms with Crippen molar-refractivity contribution in [2.45, 2.75) is 39.0 Å². The van der Waals surface area contributed by atoms with Crippen molar-refractivity contribution in [3.05, 3.63) is 0 Å². The molecule has 0 spiro atoms. The maximum atomic E-state index is 11.2. The van der Waals surface area contributed by atoms with Crippen molar-refractivity contribution in [3.8, 4) is 0 Å². The van der Waals surface area contributed by atoms with Crippen LogP contribution in [0.3, 0.4) is 0 Å². The van der Waals surface area contributed by atoms with Gasteiger partial charge in [0.05, 0.1) is 6.42 Å². The van der Waals surface area contributed by atoms with Crippen molar-refractivity contribution in [1.29, 1.82) is 0 Å². The van der Waals surface area contributed by atoms with Gasteiger partial charge in [-0.1, -0.05) is 6.92 Å². The Morgan fingerprint density at radius 3 is 2.53 bits per heavy atom. The molecule has 1 amide bonds. The minimum atomic E-state index is -0.545. The van der Waals surface area contributed by atoms with Crippen LogP contribution in [0, 0.1) is 5.92 Å². The molecule has 1 aliphatic rings. The molecule has 0 bridgehead atoms. The van der Waals surface area contributed by atoms with Gasteiger partial charge < -0.3 is 4.84 Å². The predicted molar refractivity (Wildman–Crippen MR) is 51.5 cm³/mol. The Morgan fingerprint density at radius 2 is 2.00 bits per heavy atom. The van der Waals surface area contributed by atoms with Crippen LogP contribution in [0.1, 0.15) is 39.0 Å². The first-order valence-corrected chi connectivity index (χ1v) is 5.14. The fourth-order valence-electron chi connectivity index (χ4n) is 1.11. The van der Waals surface area contributed by atoms with Crippen LogP contribution in [-0.2, 0) is 19.2 Å². The molecule has 1 aliphatic carbocycles. The van der Waals surface area contributed by atoms with Gasteiger partial charge in [-0.15, -0.1) is 0 Å². The number of ketones is 1. The van der Waals surface area contributed by atoms with E-state index in [9.17, 15) is 14.4 Å². The molecule has 5 heteroatoms. The van der Waals surface area contributed by atoms with E-state index >= 15 is 0 Å². The van der Waals surface area contributed by atoms with Crippen molar-refractivity contribution < 1.29 is 19.2 Å². The standard InChI is InChI=1S/C10H15NO4/c1-2-3-10(14)15-11-9(13)6-8(12)7-4-5-7/h7H,2-6H2,1H3,(H,11,13). The highest BCUT2D eigenvalue weighted by molar-refractivity contribution is 5.99. The predicted octanol–water partition coefficient (Wildman–Crippen LogP) is 0.730. The molecule has 0 unspecified atom stereocenters. The third-order valence-electron chi connectivity index (χ3n) is 2.10. The largest absolute Gasteiger partial charge is 0.341 e. The summed E-state index contributed by atoms with van der Waals surface area (Å²) in [5.41, 5.74) is 1.97. The molecule has 84 valence electrons. The number of hydrogen-bond acceptors (Lipinski definition) is 4. The summed E-state index contributed by atoms with van der Waals surface area (Å²) < 4.78 is 0. The van der Waals surface area contributed by atoms with E-state index in [1.165, 1.54) is 0 Å². The summed E-state index contributed by atoms with van der Waals surface area (Å²) in [6, 6.07) is 0. The Kier molecular flexibility index (Phi) is 4.27. The van der Waals surface area contributed by atoms with Crippen LogP contribution in [-0.4, -0.2) is 17.7 Å². The van der Waals surface area contributed by atoms with Crippen LogP contribution >= 0.6 is 0 Å². The summed E-state index contributed by atoms with van der Waals surface area (Å²) >= 11 is 0. The molecule has 1 rings (SSSR count).